The predicted molar refractivity (Wildman–Crippen MR) is 36.2 cm³/mol. The summed E-state index contributed by atoms with van der Waals surface area (Å²) >= 11 is 0. The number of nitrogens with two attached hydrogens (primary N) is 1. The summed E-state index contributed by atoms with van der Waals surface area (Å²) < 4.78 is 0. The van der Waals surface area contributed by atoms with Crippen molar-refractivity contribution in [2.24, 2.45) is 5.73 Å². The fourth-order valence-corrected chi connectivity index (χ4v) is 0.548. The van der Waals surface area contributed by atoms with Gasteiger partial charge in [0.2, 0.25) is 0 Å². The van der Waals surface area contributed by atoms with Gasteiger partial charge >= 0.3 is 35.5 Å². The zero-order valence-corrected chi connectivity index (χ0v) is 8.63. The first-order valence-electron chi connectivity index (χ1n) is 3.17. The summed E-state index contributed by atoms with van der Waals surface area (Å²) in [5.41, 5.74) is 5.20. The normalized spacial score (nSPS) is 11.8. The third-order valence-electron chi connectivity index (χ3n) is 1.19. The second kappa shape index (κ2) is 7.54. The molecule has 0 aromatic heterocycles. The largest absolute Gasteiger partial charge is 1.00 e. The Hall–Kier alpha value is 0.430. The Balaban J connectivity index is -0.000000320. The van der Waals surface area contributed by atoms with Crippen LogP contribution in [0, 0.1) is 0 Å². The molecule has 0 aliphatic heterocycles. The first-order valence-corrected chi connectivity index (χ1v) is 3.17. The number of carboxylic acids is 1. The molecule has 0 fully saturated rings. The molecule has 0 aromatic carbocycles. The fourth-order valence-electron chi connectivity index (χ4n) is 0.548. The summed E-state index contributed by atoms with van der Waals surface area (Å²) in [5, 5.41) is 8.28. The molecule has 0 aliphatic rings. The van der Waals surface area contributed by atoms with Crippen molar-refractivity contribution in [1.29, 1.82) is 0 Å². The molecule has 3 nitrogen and oxygen atoms in total. The van der Waals surface area contributed by atoms with E-state index in [0.29, 0.717) is 6.42 Å². The third kappa shape index (κ3) is 6.55. The van der Waals surface area contributed by atoms with E-state index in [1.807, 2.05) is 6.92 Å². The molecule has 0 radical (unpaired) electrons. The molecule has 0 heterocycles. The van der Waals surface area contributed by atoms with Gasteiger partial charge in [-0.05, 0) is 6.42 Å². The van der Waals surface area contributed by atoms with E-state index < -0.39 is 12.0 Å². The minimum absolute atomic E-state index is 0. The van der Waals surface area contributed by atoms with E-state index in [-0.39, 0.29) is 31.0 Å². The molecule has 0 saturated carbocycles. The molecule has 0 spiro atoms. The summed E-state index contributed by atoms with van der Waals surface area (Å²) in [5.74, 6) is -0.900. The van der Waals surface area contributed by atoms with Crippen molar-refractivity contribution < 1.29 is 40.9 Å². The van der Waals surface area contributed by atoms with Gasteiger partial charge in [-0.15, -0.1) is 0 Å². The second-order valence-electron chi connectivity index (χ2n) is 2.09. The minimum Gasteiger partial charge on any atom is -1.00 e. The molecular formula is C6H14NNaO2. The first-order chi connectivity index (χ1) is 4.18. The molecule has 0 amide bonds. The molecule has 0 bridgehead atoms. The summed E-state index contributed by atoms with van der Waals surface area (Å²) in [6.45, 7) is 2.01. The van der Waals surface area contributed by atoms with Crippen LogP contribution < -0.4 is 35.3 Å². The van der Waals surface area contributed by atoms with Gasteiger partial charge in [-0.3, -0.25) is 4.79 Å². The molecule has 0 aromatic rings. The van der Waals surface area contributed by atoms with Gasteiger partial charge in [0.15, 0.2) is 0 Å². The van der Waals surface area contributed by atoms with Gasteiger partial charge < -0.3 is 12.3 Å². The molecule has 10 heavy (non-hydrogen) atoms. The molecule has 4 heteroatoms. The summed E-state index contributed by atoms with van der Waals surface area (Å²) in [6.07, 6.45) is 2.49. The van der Waals surface area contributed by atoms with Gasteiger partial charge in [-0.2, -0.15) is 0 Å². The monoisotopic (exact) mass is 155 g/mol. The van der Waals surface area contributed by atoms with Crippen molar-refractivity contribution in [3.05, 3.63) is 0 Å². The Labute approximate surface area is 84.8 Å². The molecule has 0 aliphatic carbocycles. The van der Waals surface area contributed by atoms with Gasteiger partial charge in [0.25, 0.3) is 0 Å². The van der Waals surface area contributed by atoms with Crippen molar-refractivity contribution in [2.45, 2.75) is 32.2 Å². The van der Waals surface area contributed by atoms with Crippen molar-refractivity contribution in [3.8, 4) is 0 Å². The first kappa shape index (κ1) is 13.1. The quantitative estimate of drug-likeness (QED) is 0.449. The van der Waals surface area contributed by atoms with Crippen LogP contribution in [0.3, 0.4) is 0 Å². The molecule has 3 N–H and O–H groups in total. The van der Waals surface area contributed by atoms with Gasteiger partial charge in [0.05, 0.1) is 0 Å². The Bertz CT molecular complexity index is 103. The van der Waals surface area contributed by atoms with Crippen LogP contribution in [0.25, 0.3) is 0 Å². The van der Waals surface area contributed by atoms with E-state index >= 15 is 0 Å². The van der Waals surface area contributed by atoms with Crippen LogP contribution in [-0.4, -0.2) is 17.1 Å². The standard InChI is InChI=1S/C6H13NO2.Na.H/c1-2-3-4-5(7)6(8)9;;/h5H,2-4,7H2,1H3,(H,8,9);;/q;+1;-1/t5-;;/m0../s1. The summed E-state index contributed by atoms with van der Waals surface area (Å²) in [6, 6.07) is -0.662. The molecule has 0 unspecified atom stereocenters. The maximum atomic E-state index is 10.1. The number of unbranched alkanes of at least 4 members (excludes halogenated alkanes) is 1. The van der Waals surface area contributed by atoms with Gasteiger partial charge in [-0.25, -0.2) is 0 Å². The van der Waals surface area contributed by atoms with Crippen LogP contribution in [0.1, 0.15) is 27.6 Å². The second-order valence-corrected chi connectivity index (χ2v) is 2.09. The number of aliphatic carboxylic acids is 1. The third-order valence-corrected chi connectivity index (χ3v) is 1.19. The van der Waals surface area contributed by atoms with E-state index in [9.17, 15) is 4.79 Å². The molecule has 0 saturated heterocycles. The number of hydrogen-bond donors (Lipinski definition) is 2. The van der Waals surface area contributed by atoms with Crippen LogP contribution >= 0.6 is 0 Å². The SMILES string of the molecule is CCCC[C@H](N)C(=O)O.[H-].[Na+]. The van der Waals surface area contributed by atoms with E-state index in [0.717, 1.165) is 12.8 Å². The van der Waals surface area contributed by atoms with E-state index in [1.165, 1.54) is 0 Å². The topological polar surface area (TPSA) is 63.3 Å². The number of carbonyl (C=O) groups is 1. The number of carboxylic acid groups (broad SMARTS) is 1. The smallest absolute Gasteiger partial charge is 1.00 e. The molecule has 0 rings (SSSR count). The Morgan fingerprint density at radius 1 is 1.80 bits per heavy atom. The molecular weight excluding hydrogens is 141 g/mol. The minimum atomic E-state index is -0.900. The Kier molecular flexibility index (Phi) is 9.84. The van der Waals surface area contributed by atoms with Crippen molar-refractivity contribution in [3.63, 3.8) is 0 Å². The maximum Gasteiger partial charge on any atom is 1.00 e. The van der Waals surface area contributed by atoms with E-state index in [2.05, 4.69) is 0 Å². The number of hydrogen-bond acceptors (Lipinski definition) is 2. The zero-order chi connectivity index (χ0) is 7.28. The van der Waals surface area contributed by atoms with Crippen LogP contribution in [0.5, 0.6) is 0 Å². The van der Waals surface area contributed by atoms with Crippen LogP contribution in [0.4, 0.5) is 0 Å². The molecule has 56 valence electrons. The summed E-state index contributed by atoms with van der Waals surface area (Å²) in [4.78, 5) is 10.1. The zero-order valence-electron chi connectivity index (χ0n) is 7.63. The maximum absolute atomic E-state index is 10.1. The van der Waals surface area contributed by atoms with Crippen molar-refractivity contribution in [2.75, 3.05) is 0 Å². The van der Waals surface area contributed by atoms with Gasteiger partial charge in [-0.1, -0.05) is 19.8 Å². The van der Waals surface area contributed by atoms with Crippen molar-refractivity contribution in [1.82, 2.24) is 0 Å². The number of rotatable bonds is 4. The molecule has 1 atom stereocenters. The van der Waals surface area contributed by atoms with Crippen LogP contribution in [-0.2, 0) is 4.79 Å². The Morgan fingerprint density at radius 3 is 2.60 bits per heavy atom. The van der Waals surface area contributed by atoms with Gasteiger partial charge in [0, 0.05) is 0 Å². The average molecular weight is 155 g/mol. The predicted octanol–water partition coefficient (Wildman–Crippen LogP) is -2.29. The van der Waals surface area contributed by atoms with Crippen LogP contribution in [0.2, 0.25) is 0 Å². The summed E-state index contributed by atoms with van der Waals surface area (Å²) in [7, 11) is 0. The average Bonchev–Trinajstić information content (AvgIpc) is 1.82. The Morgan fingerprint density at radius 2 is 2.30 bits per heavy atom. The van der Waals surface area contributed by atoms with Crippen molar-refractivity contribution >= 4 is 5.97 Å². The van der Waals surface area contributed by atoms with Crippen LogP contribution in [0.15, 0.2) is 0 Å². The van der Waals surface area contributed by atoms with E-state index in [4.69, 9.17) is 10.8 Å². The van der Waals surface area contributed by atoms with E-state index in [1.54, 1.807) is 0 Å². The van der Waals surface area contributed by atoms with Gasteiger partial charge in [0.1, 0.15) is 6.04 Å². The fraction of sp³-hybridized carbons (Fsp3) is 0.833.